The van der Waals surface area contributed by atoms with Gasteiger partial charge in [-0.3, -0.25) is 4.99 Å². The Hall–Kier alpha value is -2.72. The molecule has 0 radical (unpaired) electrons. The Bertz CT molecular complexity index is 828. The second-order valence-electron chi connectivity index (χ2n) is 5.78. The van der Waals surface area contributed by atoms with E-state index in [0.717, 1.165) is 16.0 Å². The zero-order chi connectivity index (χ0) is 17.6. The molecule has 0 saturated heterocycles. The normalized spacial score (nSPS) is 11.7. The van der Waals surface area contributed by atoms with Gasteiger partial charge in [-0.15, -0.1) is 11.3 Å². The van der Waals surface area contributed by atoms with E-state index in [9.17, 15) is 9.90 Å². The maximum Gasteiger partial charge on any atom is 0.328 e. The summed E-state index contributed by atoms with van der Waals surface area (Å²) in [5.41, 5.74) is 2.55. The SMILES string of the molecule is Cc1ccc(CC(N=C(c2ccccc2)c2ccccc2)C(=O)O)s1. The third-order valence-electron chi connectivity index (χ3n) is 3.85. The molecule has 25 heavy (non-hydrogen) atoms. The van der Waals surface area contributed by atoms with Crippen LogP contribution in [-0.4, -0.2) is 22.8 Å². The van der Waals surface area contributed by atoms with Gasteiger partial charge in [0.1, 0.15) is 0 Å². The number of rotatable bonds is 6. The second-order valence-corrected chi connectivity index (χ2v) is 7.15. The second kappa shape index (κ2) is 7.90. The summed E-state index contributed by atoms with van der Waals surface area (Å²) in [7, 11) is 0. The van der Waals surface area contributed by atoms with Crippen molar-refractivity contribution in [2.75, 3.05) is 0 Å². The summed E-state index contributed by atoms with van der Waals surface area (Å²) in [6.07, 6.45) is 0.400. The van der Waals surface area contributed by atoms with Crippen LogP contribution in [0.25, 0.3) is 0 Å². The summed E-state index contributed by atoms with van der Waals surface area (Å²) in [4.78, 5) is 18.7. The van der Waals surface area contributed by atoms with Crippen LogP contribution in [0.1, 0.15) is 20.9 Å². The molecular formula is C21H19NO2S. The molecule has 2 aromatic carbocycles. The summed E-state index contributed by atoms with van der Waals surface area (Å²) >= 11 is 1.62. The average molecular weight is 349 g/mol. The van der Waals surface area contributed by atoms with Crippen LogP contribution in [0.3, 0.4) is 0 Å². The van der Waals surface area contributed by atoms with Gasteiger partial charge >= 0.3 is 5.97 Å². The van der Waals surface area contributed by atoms with Gasteiger partial charge in [-0.2, -0.15) is 0 Å². The highest BCUT2D eigenvalue weighted by molar-refractivity contribution is 7.11. The number of nitrogens with zero attached hydrogens (tertiary/aromatic N) is 1. The van der Waals surface area contributed by atoms with Crippen molar-refractivity contribution in [3.8, 4) is 0 Å². The van der Waals surface area contributed by atoms with E-state index in [1.54, 1.807) is 11.3 Å². The topological polar surface area (TPSA) is 49.7 Å². The molecule has 0 bridgehead atoms. The molecule has 3 nitrogen and oxygen atoms in total. The van der Waals surface area contributed by atoms with E-state index < -0.39 is 12.0 Å². The molecule has 1 atom stereocenters. The third kappa shape index (κ3) is 4.43. The molecule has 1 N–H and O–H groups in total. The minimum absolute atomic E-state index is 0.400. The van der Waals surface area contributed by atoms with Gasteiger partial charge in [-0.05, 0) is 19.1 Å². The standard InChI is InChI=1S/C21H19NO2S/c1-15-12-13-18(25-15)14-19(21(23)24)22-20(16-8-4-2-5-9-16)17-10-6-3-7-11-17/h2-13,19H,14H2,1H3,(H,23,24). The van der Waals surface area contributed by atoms with Gasteiger partial charge in [0.05, 0.1) is 5.71 Å². The van der Waals surface area contributed by atoms with Gasteiger partial charge in [0, 0.05) is 27.3 Å². The highest BCUT2D eigenvalue weighted by Gasteiger charge is 2.20. The zero-order valence-electron chi connectivity index (χ0n) is 13.9. The Labute approximate surface area is 151 Å². The predicted molar refractivity (Wildman–Crippen MR) is 103 cm³/mol. The Morgan fingerprint density at radius 3 is 1.96 bits per heavy atom. The minimum Gasteiger partial charge on any atom is -0.480 e. The Balaban J connectivity index is 2.01. The first-order valence-electron chi connectivity index (χ1n) is 8.10. The van der Waals surface area contributed by atoms with Gasteiger partial charge in [0.2, 0.25) is 0 Å². The smallest absolute Gasteiger partial charge is 0.328 e. The molecule has 1 unspecified atom stereocenters. The van der Waals surface area contributed by atoms with E-state index in [1.807, 2.05) is 79.7 Å². The van der Waals surface area contributed by atoms with E-state index >= 15 is 0 Å². The number of thiophene rings is 1. The maximum atomic E-state index is 11.8. The number of benzene rings is 2. The molecule has 1 aromatic heterocycles. The lowest BCUT2D eigenvalue weighted by Gasteiger charge is -2.12. The first-order chi connectivity index (χ1) is 12.1. The van der Waals surface area contributed by atoms with Gasteiger partial charge in [0.25, 0.3) is 0 Å². The van der Waals surface area contributed by atoms with Crippen molar-refractivity contribution in [2.45, 2.75) is 19.4 Å². The van der Waals surface area contributed by atoms with Crippen LogP contribution < -0.4 is 0 Å². The minimum atomic E-state index is -0.907. The quantitative estimate of drug-likeness (QED) is 0.662. The van der Waals surface area contributed by atoms with Gasteiger partial charge in [-0.25, -0.2) is 4.79 Å². The largest absolute Gasteiger partial charge is 0.480 e. The maximum absolute atomic E-state index is 11.8. The summed E-state index contributed by atoms with van der Waals surface area (Å²) in [5, 5.41) is 9.68. The first kappa shape index (κ1) is 17.1. The molecule has 1 heterocycles. The number of hydrogen-bond acceptors (Lipinski definition) is 3. The van der Waals surface area contributed by atoms with Crippen molar-refractivity contribution in [3.05, 3.63) is 93.7 Å². The molecule has 126 valence electrons. The van der Waals surface area contributed by atoms with Gasteiger partial charge in [-0.1, -0.05) is 60.7 Å². The highest BCUT2D eigenvalue weighted by Crippen LogP contribution is 2.19. The molecule has 0 saturated carbocycles. The lowest BCUT2D eigenvalue weighted by atomic mass is 10.0. The molecule has 0 spiro atoms. The fraction of sp³-hybridized carbons (Fsp3) is 0.143. The number of aryl methyl sites for hydroxylation is 1. The third-order valence-corrected chi connectivity index (χ3v) is 4.88. The summed E-state index contributed by atoms with van der Waals surface area (Å²) < 4.78 is 0. The van der Waals surface area contributed by atoms with E-state index in [0.29, 0.717) is 12.1 Å². The highest BCUT2D eigenvalue weighted by atomic mass is 32.1. The monoisotopic (exact) mass is 349 g/mol. The van der Waals surface area contributed by atoms with Crippen molar-refractivity contribution in [2.24, 2.45) is 4.99 Å². The Morgan fingerprint density at radius 1 is 0.960 bits per heavy atom. The van der Waals surface area contributed by atoms with Crippen molar-refractivity contribution >= 4 is 23.0 Å². The molecular weight excluding hydrogens is 330 g/mol. The van der Waals surface area contributed by atoms with Crippen molar-refractivity contribution in [1.82, 2.24) is 0 Å². The fourth-order valence-electron chi connectivity index (χ4n) is 2.64. The summed E-state index contributed by atoms with van der Waals surface area (Å²) in [6, 6.07) is 22.6. The van der Waals surface area contributed by atoms with Crippen molar-refractivity contribution in [1.29, 1.82) is 0 Å². The summed E-state index contributed by atoms with van der Waals surface area (Å²) in [5.74, 6) is -0.907. The van der Waals surface area contributed by atoms with Gasteiger partial charge in [0.15, 0.2) is 6.04 Å². The number of carboxylic acids is 1. The number of aliphatic carboxylic acids is 1. The number of carbonyl (C=O) groups is 1. The molecule has 4 heteroatoms. The molecule has 0 aliphatic heterocycles. The molecule has 3 rings (SSSR count). The van der Waals surface area contributed by atoms with Crippen LogP contribution in [0.4, 0.5) is 0 Å². The Kier molecular flexibility index (Phi) is 5.41. The average Bonchev–Trinajstić information content (AvgIpc) is 3.05. The predicted octanol–water partition coefficient (Wildman–Crippen LogP) is 4.59. The number of aliphatic imine (C=N–C) groups is 1. The molecule has 0 aliphatic rings. The molecule has 0 aliphatic carbocycles. The van der Waals surface area contributed by atoms with Crippen molar-refractivity contribution < 1.29 is 9.90 Å². The first-order valence-corrected chi connectivity index (χ1v) is 8.92. The fourth-order valence-corrected chi connectivity index (χ4v) is 3.56. The van der Waals surface area contributed by atoms with Crippen molar-refractivity contribution in [3.63, 3.8) is 0 Å². The van der Waals surface area contributed by atoms with E-state index in [4.69, 9.17) is 0 Å². The molecule has 0 fully saturated rings. The number of carboxylic acid groups (broad SMARTS) is 1. The van der Waals surface area contributed by atoms with Crippen LogP contribution in [0, 0.1) is 6.92 Å². The zero-order valence-corrected chi connectivity index (χ0v) is 14.7. The molecule has 3 aromatic rings. The lowest BCUT2D eigenvalue weighted by molar-refractivity contribution is -0.138. The lowest BCUT2D eigenvalue weighted by Crippen LogP contribution is -2.23. The van der Waals surface area contributed by atoms with E-state index in [2.05, 4.69) is 4.99 Å². The summed E-state index contributed by atoms with van der Waals surface area (Å²) in [6.45, 7) is 2.02. The van der Waals surface area contributed by atoms with Crippen LogP contribution in [0.2, 0.25) is 0 Å². The van der Waals surface area contributed by atoms with Crippen LogP contribution in [0.5, 0.6) is 0 Å². The molecule has 0 amide bonds. The van der Waals surface area contributed by atoms with Crippen LogP contribution in [-0.2, 0) is 11.2 Å². The van der Waals surface area contributed by atoms with Gasteiger partial charge < -0.3 is 5.11 Å². The van der Waals surface area contributed by atoms with E-state index in [1.165, 1.54) is 4.88 Å². The van der Waals surface area contributed by atoms with E-state index in [-0.39, 0.29) is 0 Å². The van der Waals surface area contributed by atoms with Crippen LogP contribution in [0.15, 0.2) is 77.8 Å². The van der Waals surface area contributed by atoms with Crippen LogP contribution >= 0.6 is 11.3 Å². The number of hydrogen-bond donors (Lipinski definition) is 1. The Morgan fingerprint density at radius 2 is 1.52 bits per heavy atom.